The summed E-state index contributed by atoms with van der Waals surface area (Å²) in [6.45, 7) is 4.03. The van der Waals surface area contributed by atoms with Gasteiger partial charge in [0.15, 0.2) is 5.82 Å². The first-order chi connectivity index (χ1) is 5.81. The van der Waals surface area contributed by atoms with Gasteiger partial charge in [-0.15, -0.1) is 10.2 Å². The number of hydrogen-bond donors (Lipinski definition) is 0. The molecule has 0 amide bonds. The molecule has 12 heavy (non-hydrogen) atoms. The maximum Gasteiger partial charge on any atom is 0.212 e. The average Bonchev–Trinajstić information content (AvgIpc) is 2.47. The van der Waals surface area contributed by atoms with E-state index in [1.165, 1.54) is 5.71 Å². The number of aryl methyl sites for hydroxylation is 1. The summed E-state index contributed by atoms with van der Waals surface area (Å²) >= 11 is 1.70. The Morgan fingerprint density at radius 2 is 2.33 bits per heavy atom. The monoisotopic (exact) mass is 182 g/mol. The Bertz CT molecular complexity index is 328. The van der Waals surface area contributed by atoms with Gasteiger partial charge in [-0.1, -0.05) is 18.7 Å². The third-order valence-corrected chi connectivity index (χ3v) is 2.78. The molecule has 0 radical (unpaired) electrons. The van der Waals surface area contributed by atoms with Crippen LogP contribution >= 0.6 is 11.8 Å². The Balaban J connectivity index is 2.44. The molecule has 0 N–H and O–H groups in total. The molecule has 0 spiro atoms. The first-order valence-electron chi connectivity index (χ1n) is 3.93. The van der Waals surface area contributed by atoms with E-state index in [4.69, 9.17) is 0 Å². The van der Waals surface area contributed by atoms with Crippen molar-refractivity contribution >= 4 is 17.5 Å². The van der Waals surface area contributed by atoms with Gasteiger partial charge >= 0.3 is 0 Å². The molecule has 1 aliphatic heterocycles. The molecule has 0 fully saturated rings. The van der Waals surface area contributed by atoms with Crippen molar-refractivity contribution in [3.05, 3.63) is 5.82 Å². The molecule has 0 saturated carbocycles. The molecule has 2 rings (SSSR count). The second-order valence-electron chi connectivity index (χ2n) is 2.65. The average molecular weight is 182 g/mol. The van der Waals surface area contributed by atoms with Crippen LogP contribution in [0.25, 0.3) is 0 Å². The van der Waals surface area contributed by atoms with Gasteiger partial charge in [0.1, 0.15) is 0 Å². The molecular weight excluding hydrogens is 172 g/mol. The van der Waals surface area contributed by atoms with Gasteiger partial charge in [0.05, 0.1) is 0 Å². The summed E-state index contributed by atoms with van der Waals surface area (Å²) in [5.41, 5.74) is 1.20. The largest absolute Gasteiger partial charge is 0.212 e. The lowest BCUT2D eigenvalue weighted by Gasteiger charge is -2.10. The molecule has 0 atom stereocenters. The summed E-state index contributed by atoms with van der Waals surface area (Å²) in [4.78, 5) is 0. The van der Waals surface area contributed by atoms with Crippen LogP contribution in [0.5, 0.6) is 0 Å². The van der Waals surface area contributed by atoms with E-state index in [0.29, 0.717) is 0 Å². The van der Waals surface area contributed by atoms with Crippen LogP contribution in [0, 0.1) is 6.92 Å². The summed E-state index contributed by atoms with van der Waals surface area (Å²) < 4.78 is 1.81. The fourth-order valence-corrected chi connectivity index (χ4v) is 1.99. The molecule has 1 aromatic heterocycles. The lowest BCUT2D eigenvalue weighted by atomic mass is 10.3. The quantitative estimate of drug-likeness (QED) is 0.657. The highest BCUT2D eigenvalue weighted by molar-refractivity contribution is 7.99. The fraction of sp³-hybridized carbons (Fsp3) is 0.571. The number of fused-ring (bicyclic) bond motifs is 1. The number of nitrogens with zero attached hydrogens (tertiary/aromatic N) is 4. The van der Waals surface area contributed by atoms with Gasteiger partial charge < -0.3 is 0 Å². The van der Waals surface area contributed by atoms with Gasteiger partial charge in [0.2, 0.25) is 5.16 Å². The predicted octanol–water partition coefficient (Wildman–Crippen LogP) is 1.31. The Morgan fingerprint density at radius 3 is 3.08 bits per heavy atom. The third-order valence-electron chi connectivity index (χ3n) is 1.79. The lowest BCUT2D eigenvalue weighted by molar-refractivity contribution is 0.730. The third kappa shape index (κ3) is 1.14. The molecule has 0 aromatic carbocycles. The highest BCUT2D eigenvalue weighted by atomic mass is 32.2. The minimum atomic E-state index is 0.864. The molecule has 0 unspecified atom stereocenters. The fourth-order valence-electron chi connectivity index (χ4n) is 1.03. The first kappa shape index (κ1) is 7.79. The maximum absolute atomic E-state index is 4.41. The number of aromatic nitrogens is 3. The zero-order valence-corrected chi connectivity index (χ0v) is 7.93. The van der Waals surface area contributed by atoms with Crippen LogP contribution < -0.4 is 0 Å². The molecule has 0 saturated heterocycles. The molecule has 1 aromatic rings. The van der Waals surface area contributed by atoms with Crippen LogP contribution in [0.3, 0.4) is 0 Å². The minimum absolute atomic E-state index is 0.864. The zero-order chi connectivity index (χ0) is 8.55. The van der Waals surface area contributed by atoms with Crippen molar-refractivity contribution in [1.82, 2.24) is 14.9 Å². The molecule has 5 heteroatoms. The molecule has 0 aliphatic carbocycles. The highest BCUT2D eigenvalue weighted by Crippen LogP contribution is 2.21. The van der Waals surface area contributed by atoms with Crippen LogP contribution in [-0.4, -0.2) is 26.3 Å². The standard InChI is InChI=1S/C7H10N4S/c1-3-6-4-12-7-9-8-5(2)11(7)10-6/h3-4H2,1-2H3. The summed E-state index contributed by atoms with van der Waals surface area (Å²) in [5.74, 6) is 1.82. The zero-order valence-electron chi connectivity index (χ0n) is 7.11. The normalized spacial score (nSPS) is 15.7. The van der Waals surface area contributed by atoms with Gasteiger partial charge in [0.25, 0.3) is 0 Å². The van der Waals surface area contributed by atoms with Crippen LogP contribution in [0.1, 0.15) is 19.2 Å². The summed E-state index contributed by atoms with van der Waals surface area (Å²) in [6, 6.07) is 0. The maximum atomic E-state index is 4.41. The van der Waals surface area contributed by atoms with Crippen molar-refractivity contribution in [2.75, 3.05) is 5.75 Å². The van der Waals surface area contributed by atoms with Crippen molar-refractivity contribution in [3.8, 4) is 0 Å². The van der Waals surface area contributed by atoms with E-state index >= 15 is 0 Å². The number of rotatable bonds is 1. The van der Waals surface area contributed by atoms with Gasteiger partial charge in [-0.2, -0.15) is 9.78 Å². The van der Waals surface area contributed by atoms with Crippen molar-refractivity contribution < 1.29 is 0 Å². The summed E-state index contributed by atoms with van der Waals surface area (Å²) in [5, 5.41) is 13.3. The van der Waals surface area contributed by atoms with Crippen molar-refractivity contribution in [2.24, 2.45) is 5.10 Å². The van der Waals surface area contributed by atoms with Gasteiger partial charge in [0, 0.05) is 11.5 Å². The Labute approximate surface area is 75.1 Å². The molecule has 1 aliphatic rings. The van der Waals surface area contributed by atoms with Gasteiger partial charge in [-0.25, -0.2) is 0 Å². The topological polar surface area (TPSA) is 43.1 Å². The molecule has 2 heterocycles. The Kier molecular flexibility index (Phi) is 1.88. The van der Waals surface area contributed by atoms with E-state index in [1.54, 1.807) is 11.8 Å². The van der Waals surface area contributed by atoms with Crippen LogP contribution in [0.4, 0.5) is 0 Å². The summed E-state index contributed by atoms with van der Waals surface area (Å²) in [7, 11) is 0. The van der Waals surface area contributed by atoms with Gasteiger partial charge in [-0.3, -0.25) is 0 Å². The smallest absolute Gasteiger partial charge is 0.192 e. The van der Waals surface area contributed by atoms with E-state index in [1.807, 2.05) is 11.6 Å². The first-order valence-corrected chi connectivity index (χ1v) is 4.91. The molecule has 64 valence electrons. The van der Waals surface area contributed by atoms with E-state index in [-0.39, 0.29) is 0 Å². The van der Waals surface area contributed by atoms with Crippen molar-refractivity contribution in [1.29, 1.82) is 0 Å². The molecule has 0 bridgehead atoms. The second-order valence-corrected chi connectivity index (χ2v) is 3.59. The number of thioether (sulfide) groups is 1. The Morgan fingerprint density at radius 1 is 1.50 bits per heavy atom. The van der Waals surface area contributed by atoms with Gasteiger partial charge in [-0.05, 0) is 13.3 Å². The predicted molar refractivity (Wildman–Crippen MR) is 48.6 cm³/mol. The lowest BCUT2D eigenvalue weighted by Crippen LogP contribution is -2.11. The Hall–Kier alpha value is -0.840. The van der Waals surface area contributed by atoms with Crippen LogP contribution in [0.15, 0.2) is 10.3 Å². The van der Waals surface area contributed by atoms with E-state index in [9.17, 15) is 0 Å². The number of hydrogen-bond acceptors (Lipinski definition) is 4. The molecule has 4 nitrogen and oxygen atoms in total. The SMILES string of the molecule is CCC1=Nn2c(C)nnc2SC1. The van der Waals surface area contributed by atoms with Crippen molar-refractivity contribution in [2.45, 2.75) is 25.4 Å². The van der Waals surface area contributed by atoms with Crippen LogP contribution in [0.2, 0.25) is 0 Å². The minimum Gasteiger partial charge on any atom is -0.192 e. The van der Waals surface area contributed by atoms with Crippen LogP contribution in [-0.2, 0) is 0 Å². The highest BCUT2D eigenvalue weighted by Gasteiger charge is 2.14. The van der Waals surface area contributed by atoms with E-state index in [2.05, 4.69) is 22.2 Å². The van der Waals surface area contributed by atoms with E-state index in [0.717, 1.165) is 23.2 Å². The molecular formula is C7H10N4S. The summed E-state index contributed by atoms with van der Waals surface area (Å²) in [6.07, 6.45) is 1.00. The second kappa shape index (κ2) is 2.90. The van der Waals surface area contributed by atoms with Crippen molar-refractivity contribution in [3.63, 3.8) is 0 Å². The van der Waals surface area contributed by atoms with E-state index < -0.39 is 0 Å².